The van der Waals surface area contributed by atoms with Crippen LogP contribution in [0, 0.1) is 11.2 Å². The van der Waals surface area contributed by atoms with Crippen LogP contribution >= 0.6 is 0 Å². The highest BCUT2D eigenvalue weighted by Gasteiger charge is 2.33. The van der Waals surface area contributed by atoms with Gasteiger partial charge in [0.25, 0.3) is 0 Å². The van der Waals surface area contributed by atoms with Gasteiger partial charge in [0.15, 0.2) is 0 Å². The minimum atomic E-state index is -0.237. The van der Waals surface area contributed by atoms with Gasteiger partial charge in [-0.05, 0) is 31.0 Å². The number of carbonyl (C=O) groups is 1. The molecule has 1 aliphatic carbocycles. The number of benzene rings is 1. The second kappa shape index (κ2) is 5.51. The second-order valence-electron chi connectivity index (χ2n) is 5.38. The molecule has 3 heteroatoms. The number of hydrogen-bond donors (Lipinski definition) is 0. The smallest absolute Gasteiger partial charge is 0.127 e. The maximum absolute atomic E-state index is 13.2. The number of nitrogens with zero attached hydrogens (tertiary/aromatic N) is 1. The fourth-order valence-corrected chi connectivity index (χ4v) is 2.85. The van der Waals surface area contributed by atoms with Crippen molar-refractivity contribution in [3.63, 3.8) is 0 Å². The predicted molar refractivity (Wildman–Crippen MR) is 71.3 cm³/mol. The van der Waals surface area contributed by atoms with E-state index in [9.17, 15) is 9.18 Å². The van der Waals surface area contributed by atoms with E-state index in [1.807, 2.05) is 18.0 Å². The minimum absolute atomic E-state index is 0.233. The van der Waals surface area contributed by atoms with Crippen LogP contribution in [-0.4, -0.2) is 19.9 Å². The Morgan fingerprint density at radius 2 is 2.06 bits per heavy atom. The van der Waals surface area contributed by atoms with Crippen LogP contribution < -0.4 is 4.90 Å². The molecule has 18 heavy (non-hydrogen) atoms. The zero-order valence-corrected chi connectivity index (χ0v) is 10.9. The average Bonchev–Trinajstić information content (AvgIpc) is 2.40. The number of halogens is 1. The highest BCUT2D eigenvalue weighted by atomic mass is 19.1. The van der Waals surface area contributed by atoms with Crippen molar-refractivity contribution in [2.75, 3.05) is 18.5 Å². The maximum atomic E-state index is 13.2. The largest absolute Gasteiger partial charge is 0.374 e. The monoisotopic (exact) mass is 249 g/mol. The molecule has 0 spiro atoms. The third-order valence-corrected chi connectivity index (χ3v) is 3.90. The Balaban J connectivity index is 2.09. The number of carbonyl (C=O) groups excluding carboxylic acids is 1. The first kappa shape index (κ1) is 13.1. The third kappa shape index (κ3) is 2.89. The van der Waals surface area contributed by atoms with Gasteiger partial charge in [0, 0.05) is 24.7 Å². The van der Waals surface area contributed by atoms with E-state index >= 15 is 0 Å². The molecular weight excluding hydrogens is 229 g/mol. The van der Waals surface area contributed by atoms with Crippen LogP contribution in [0.3, 0.4) is 0 Å². The highest BCUT2D eigenvalue weighted by Crippen LogP contribution is 2.35. The van der Waals surface area contributed by atoms with E-state index in [-0.39, 0.29) is 11.2 Å². The lowest BCUT2D eigenvalue weighted by Gasteiger charge is -2.36. The van der Waals surface area contributed by atoms with Gasteiger partial charge >= 0.3 is 0 Å². The van der Waals surface area contributed by atoms with Crippen molar-refractivity contribution in [3.05, 3.63) is 30.1 Å². The summed E-state index contributed by atoms with van der Waals surface area (Å²) in [5.41, 5.74) is 0.598. The van der Waals surface area contributed by atoms with Gasteiger partial charge < -0.3 is 9.69 Å². The lowest BCUT2D eigenvalue weighted by Crippen LogP contribution is -2.38. The number of hydrogen-bond acceptors (Lipinski definition) is 2. The zero-order valence-electron chi connectivity index (χ0n) is 10.9. The van der Waals surface area contributed by atoms with Crippen molar-refractivity contribution >= 4 is 12.0 Å². The standard InChI is InChI=1S/C15H20FNO/c1-17(14-7-5-6-13(16)10-14)11-15(12-18)8-3-2-4-9-15/h5-7,10,12H,2-4,8-9,11H2,1H3. The molecule has 1 fully saturated rings. The Morgan fingerprint density at radius 3 is 2.67 bits per heavy atom. The maximum Gasteiger partial charge on any atom is 0.127 e. The normalized spacial score (nSPS) is 18.3. The summed E-state index contributed by atoms with van der Waals surface area (Å²) < 4.78 is 13.2. The van der Waals surface area contributed by atoms with Crippen molar-refractivity contribution in [3.8, 4) is 0 Å². The van der Waals surface area contributed by atoms with Gasteiger partial charge in [0.05, 0.1) is 0 Å². The highest BCUT2D eigenvalue weighted by molar-refractivity contribution is 5.61. The first-order chi connectivity index (χ1) is 8.65. The Morgan fingerprint density at radius 1 is 1.33 bits per heavy atom. The molecule has 1 aliphatic rings. The SMILES string of the molecule is CN(CC1(C=O)CCCCC1)c1cccc(F)c1. The molecule has 0 heterocycles. The van der Waals surface area contributed by atoms with Gasteiger partial charge in [-0.15, -0.1) is 0 Å². The van der Waals surface area contributed by atoms with E-state index in [4.69, 9.17) is 0 Å². The molecule has 0 radical (unpaired) electrons. The molecule has 0 saturated heterocycles. The van der Waals surface area contributed by atoms with Crippen molar-refractivity contribution in [1.29, 1.82) is 0 Å². The van der Waals surface area contributed by atoms with Crippen molar-refractivity contribution in [1.82, 2.24) is 0 Å². The predicted octanol–water partition coefficient (Wildman–Crippen LogP) is 3.41. The average molecular weight is 249 g/mol. The number of anilines is 1. The lowest BCUT2D eigenvalue weighted by molar-refractivity contribution is -0.117. The fraction of sp³-hybridized carbons (Fsp3) is 0.533. The molecule has 2 nitrogen and oxygen atoms in total. The summed E-state index contributed by atoms with van der Waals surface area (Å²) in [5, 5.41) is 0. The van der Waals surface area contributed by atoms with Gasteiger partial charge in [-0.3, -0.25) is 0 Å². The summed E-state index contributed by atoms with van der Waals surface area (Å²) in [6.45, 7) is 0.681. The number of rotatable bonds is 4. The van der Waals surface area contributed by atoms with Crippen LogP contribution in [0.25, 0.3) is 0 Å². The molecule has 0 amide bonds. The van der Waals surface area contributed by atoms with Crippen LogP contribution in [0.1, 0.15) is 32.1 Å². The fourth-order valence-electron chi connectivity index (χ4n) is 2.85. The summed E-state index contributed by atoms with van der Waals surface area (Å²) in [6, 6.07) is 6.54. The third-order valence-electron chi connectivity index (χ3n) is 3.90. The van der Waals surface area contributed by atoms with E-state index in [0.717, 1.165) is 37.7 Å². The van der Waals surface area contributed by atoms with Crippen LogP contribution in [0.2, 0.25) is 0 Å². The van der Waals surface area contributed by atoms with Crippen LogP contribution in [0.5, 0.6) is 0 Å². The molecule has 0 bridgehead atoms. The summed E-state index contributed by atoms with van der Waals surface area (Å²) in [4.78, 5) is 13.4. The van der Waals surface area contributed by atoms with Gasteiger partial charge in [-0.25, -0.2) is 4.39 Å². The Labute approximate surface area is 108 Å². The van der Waals surface area contributed by atoms with E-state index in [2.05, 4.69) is 0 Å². The van der Waals surface area contributed by atoms with E-state index in [1.54, 1.807) is 6.07 Å². The van der Waals surface area contributed by atoms with Gasteiger partial charge in [-0.2, -0.15) is 0 Å². The molecule has 1 aromatic carbocycles. The topological polar surface area (TPSA) is 20.3 Å². The Kier molecular flexibility index (Phi) is 4.00. The first-order valence-corrected chi connectivity index (χ1v) is 6.58. The van der Waals surface area contributed by atoms with Gasteiger partial charge in [0.2, 0.25) is 0 Å². The second-order valence-corrected chi connectivity index (χ2v) is 5.38. The lowest BCUT2D eigenvalue weighted by atomic mass is 9.75. The van der Waals surface area contributed by atoms with E-state index in [1.165, 1.54) is 18.6 Å². The Hall–Kier alpha value is -1.38. The number of aldehydes is 1. The van der Waals surface area contributed by atoms with Crippen LogP contribution in [-0.2, 0) is 4.79 Å². The van der Waals surface area contributed by atoms with Gasteiger partial charge in [-0.1, -0.05) is 25.3 Å². The molecule has 0 atom stereocenters. The summed E-state index contributed by atoms with van der Waals surface area (Å²) in [6.07, 6.45) is 6.49. The van der Waals surface area contributed by atoms with Crippen molar-refractivity contribution in [2.45, 2.75) is 32.1 Å². The summed E-state index contributed by atoms with van der Waals surface area (Å²) in [7, 11) is 1.93. The van der Waals surface area contributed by atoms with Crippen molar-refractivity contribution in [2.24, 2.45) is 5.41 Å². The Bertz CT molecular complexity index is 413. The van der Waals surface area contributed by atoms with E-state index < -0.39 is 0 Å². The molecule has 98 valence electrons. The minimum Gasteiger partial charge on any atom is -0.374 e. The molecule has 1 saturated carbocycles. The van der Waals surface area contributed by atoms with Crippen LogP contribution in [0.15, 0.2) is 24.3 Å². The summed E-state index contributed by atoms with van der Waals surface area (Å²) in [5.74, 6) is -0.233. The van der Waals surface area contributed by atoms with E-state index in [0.29, 0.717) is 6.54 Å². The summed E-state index contributed by atoms with van der Waals surface area (Å²) >= 11 is 0. The quantitative estimate of drug-likeness (QED) is 0.762. The van der Waals surface area contributed by atoms with Gasteiger partial charge in [0.1, 0.15) is 12.1 Å². The zero-order chi connectivity index (χ0) is 13.0. The molecule has 0 N–H and O–H groups in total. The molecule has 2 rings (SSSR count). The first-order valence-electron chi connectivity index (χ1n) is 6.58. The van der Waals surface area contributed by atoms with Crippen molar-refractivity contribution < 1.29 is 9.18 Å². The molecule has 0 unspecified atom stereocenters. The molecule has 0 aliphatic heterocycles. The molecule has 1 aromatic rings. The molecular formula is C15H20FNO. The molecule has 0 aromatic heterocycles. The van der Waals surface area contributed by atoms with Crippen LogP contribution in [0.4, 0.5) is 10.1 Å².